The maximum Gasteiger partial charge on any atom is 0.335 e. The molecular formula is C16H16O3. The Morgan fingerprint density at radius 1 is 1.11 bits per heavy atom. The van der Waals surface area contributed by atoms with Crippen molar-refractivity contribution in [3.63, 3.8) is 0 Å². The molecule has 2 aromatic rings. The molecule has 0 bridgehead atoms. The second-order valence-electron chi connectivity index (χ2n) is 4.29. The van der Waals surface area contributed by atoms with E-state index in [4.69, 9.17) is 9.84 Å². The van der Waals surface area contributed by atoms with Crippen molar-refractivity contribution in [2.75, 3.05) is 0 Å². The normalized spacial score (nSPS) is 10.2. The van der Waals surface area contributed by atoms with Gasteiger partial charge < -0.3 is 9.84 Å². The predicted molar refractivity (Wildman–Crippen MR) is 73.6 cm³/mol. The van der Waals surface area contributed by atoms with Gasteiger partial charge in [0.2, 0.25) is 0 Å². The van der Waals surface area contributed by atoms with Gasteiger partial charge in [-0.1, -0.05) is 31.2 Å². The Morgan fingerprint density at radius 2 is 1.84 bits per heavy atom. The molecule has 2 aromatic carbocycles. The molecule has 0 fully saturated rings. The molecule has 2 rings (SSSR count). The molecule has 0 saturated heterocycles. The van der Waals surface area contributed by atoms with E-state index in [0.29, 0.717) is 6.61 Å². The Kier molecular flexibility index (Phi) is 4.18. The fraction of sp³-hybridized carbons (Fsp3) is 0.188. The summed E-state index contributed by atoms with van der Waals surface area (Å²) in [5.41, 5.74) is 2.47. The van der Waals surface area contributed by atoms with Crippen LogP contribution in [0.1, 0.15) is 28.4 Å². The van der Waals surface area contributed by atoms with Crippen LogP contribution in [0.4, 0.5) is 0 Å². The first kappa shape index (κ1) is 13.1. The molecule has 3 nitrogen and oxygen atoms in total. The van der Waals surface area contributed by atoms with Crippen LogP contribution in [0.5, 0.6) is 5.75 Å². The summed E-state index contributed by atoms with van der Waals surface area (Å²) in [5, 5.41) is 8.81. The monoisotopic (exact) mass is 256 g/mol. The number of hydrogen-bond donors (Lipinski definition) is 1. The molecule has 0 aliphatic carbocycles. The number of aryl methyl sites for hydroxylation is 1. The van der Waals surface area contributed by atoms with E-state index in [0.717, 1.165) is 17.7 Å². The van der Waals surface area contributed by atoms with Crippen molar-refractivity contribution >= 4 is 5.97 Å². The molecule has 0 amide bonds. The maximum atomic E-state index is 10.7. The highest BCUT2D eigenvalue weighted by Gasteiger charge is 2.02. The Morgan fingerprint density at radius 3 is 2.47 bits per heavy atom. The topological polar surface area (TPSA) is 46.5 Å². The molecule has 0 aliphatic rings. The van der Waals surface area contributed by atoms with Crippen molar-refractivity contribution in [2.45, 2.75) is 20.0 Å². The van der Waals surface area contributed by atoms with Crippen LogP contribution in [0.3, 0.4) is 0 Å². The Labute approximate surface area is 112 Å². The van der Waals surface area contributed by atoms with Crippen molar-refractivity contribution in [2.24, 2.45) is 0 Å². The summed E-state index contributed by atoms with van der Waals surface area (Å²) in [5.74, 6) is -0.0789. The standard InChI is InChI=1S/C16H16O3/c1-2-12-4-3-5-15(10-12)19-11-13-6-8-14(9-7-13)16(17)18/h3-10H,2,11H2,1H3,(H,17,18). The second kappa shape index (κ2) is 6.05. The van der Waals surface area contributed by atoms with Crippen molar-refractivity contribution < 1.29 is 14.6 Å². The highest BCUT2D eigenvalue weighted by molar-refractivity contribution is 5.87. The number of hydrogen-bond acceptors (Lipinski definition) is 2. The van der Waals surface area contributed by atoms with Gasteiger partial charge in [0.15, 0.2) is 0 Å². The SMILES string of the molecule is CCc1cccc(OCc2ccc(C(=O)O)cc2)c1. The predicted octanol–water partition coefficient (Wildman–Crippen LogP) is 3.53. The van der Waals surface area contributed by atoms with Crippen molar-refractivity contribution in [1.29, 1.82) is 0 Å². The minimum Gasteiger partial charge on any atom is -0.489 e. The molecule has 98 valence electrons. The fourth-order valence-electron chi connectivity index (χ4n) is 1.77. The molecule has 0 aromatic heterocycles. The van der Waals surface area contributed by atoms with Gasteiger partial charge in [-0.2, -0.15) is 0 Å². The minimum absolute atomic E-state index is 0.289. The summed E-state index contributed by atoms with van der Waals surface area (Å²) >= 11 is 0. The molecule has 3 heteroatoms. The van der Waals surface area contributed by atoms with Gasteiger partial charge in [-0.25, -0.2) is 4.79 Å². The average Bonchev–Trinajstić information content (AvgIpc) is 2.46. The first-order valence-electron chi connectivity index (χ1n) is 6.23. The van der Waals surface area contributed by atoms with Crippen LogP contribution in [0, 0.1) is 0 Å². The zero-order valence-electron chi connectivity index (χ0n) is 10.8. The third-order valence-electron chi connectivity index (χ3n) is 2.91. The van der Waals surface area contributed by atoms with E-state index in [2.05, 4.69) is 13.0 Å². The van der Waals surface area contributed by atoms with Crippen molar-refractivity contribution in [1.82, 2.24) is 0 Å². The largest absolute Gasteiger partial charge is 0.489 e. The number of aromatic carboxylic acids is 1. The highest BCUT2D eigenvalue weighted by Crippen LogP contribution is 2.15. The van der Waals surface area contributed by atoms with Crippen LogP contribution in [-0.4, -0.2) is 11.1 Å². The maximum absolute atomic E-state index is 10.7. The molecule has 0 unspecified atom stereocenters. The van der Waals surface area contributed by atoms with E-state index >= 15 is 0 Å². The zero-order valence-corrected chi connectivity index (χ0v) is 10.8. The summed E-state index contributed by atoms with van der Waals surface area (Å²) in [4.78, 5) is 10.7. The van der Waals surface area contributed by atoms with Gasteiger partial charge in [0.25, 0.3) is 0 Å². The lowest BCUT2D eigenvalue weighted by molar-refractivity contribution is 0.0697. The second-order valence-corrected chi connectivity index (χ2v) is 4.29. The van der Waals surface area contributed by atoms with Gasteiger partial charge in [0.1, 0.15) is 12.4 Å². The van der Waals surface area contributed by atoms with Gasteiger partial charge >= 0.3 is 5.97 Å². The molecule has 0 radical (unpaired) electrons. The lowest BCUT2D eigenvalue weighted by Crippen LogP contribution is -1.99. The molecular weight excluding hydrogens is 240 g/mol. The average molecular weight is 256 g/mol. The van der Waals surface area contributed by atoms with Crippen molar-refractivity contribution in [3.8, 4) is 5.75 Å². The van der Waals surface area contributed by atoms with Gasteiger partial charge in [-0.3, -0.25) is 0 Å². The van der Waals surface area contributed by atoms with E-state index in [1.165, 1.54) is 5.56 Å². The molecule has 0 aliphatic heterocycles. The van der Waals surface area contributed by atoms with E-state index in [1.54, 1.807) is 24.3 Å². The Balaban J connectivity index is 1.99. The molecule has 19 heavy (non-hydrogen) atoms. The van der Waals surface area contributed by atoms with Crippen LogP contribution in [0.15, 0.2) is 48.5 Å². The highest BCUT2D eigenvalue weighted by atomic mass is 16.5. The lowest BCUT2D eigenvalue weighted by Gasteiger charge is -2.07. The quantitative estimate of drug-likeness (QED) is 0.890. The van der Waals surface area contributed by atoms with Gasteiger partial charge in [0.05, 0.1) is 5.56 Å². The molecule has 0 spiro atoms. The van der Waals surface area contributed by atoms with E-state index in [9.17, 15) is 4.79 Å². The first-order valence-corrected chi connectivity index (χ1v) is 6.23. The number of rotatable bonds is 5. The third-order valence-corrected chi connectivity index (χ3v) is 2.91. The minimum atomic E-state index is -0.914. The summed E-state index contributed by atoms with van der Waals surface area (Å²) in [6.07, 6.45) is 0.977. The van der Waals surface area contributed by atoms with Gasteiger partial charge in [-0.05, 0) is 41.8 Å². The number of benzene rings is 2. The summed E-state index contributed by atoms with van der Waals surface area (Å²) in [6, 6.07) is 14.7. The third kappa shape index (κ3) is 3.58. The zero-order chi connectivity index (χ0) is 13.7. The van der Waals surface area contributed by atoms with Crippen LogP contribution in [0.2, 0.25) is 0 Å². The smallest absolute Gasteiger partial charge is 0.335 e. The van der Waals surface area contributed by atoms with Gasteiger partial charge in [-0.15, -0.1) is 0 Å². The first-order chi connectivity index (χ1) is 9.19. The molecule has 0 heterocycles. The number of ether oxygens (including phenoxy) is 1. The summed E-state index contributed by atoms with van der Waals surface area (Å²) in [7, 11) is 0. The Hall–Kier alpha value is -2.29. The van der Waals surface area contributed by atoms with Crippen LogP contribution < -0.4 is 4.74 Å². The van der Waals surface area contributed by atoms with E-state index in [-0.39, 0.29) is 5.56 Å². The van der Waals surface area contributed by atoms with Crippen LogP contribution in [0.25, 0.3) is 0 Å². The number of carboxylic acid groups (broad SMARTS) is 1. The molecule has 1 N–H and O–H groups in total. The van der Waals surface area contributed by atoms with E-state index in [1.807, 2.05) is 18.2 Å². The number of carboxylic acids is 1. The van der Waals surface area contributed by atoms with E-state index < -0.39 is 5.97 Å². The lowest BCUT2D eigenvalue weighted by atomic mass is 10.1. The summed E-state index contributed by atoms with van der Waals surface area (Å²) in [6.45, 7) is 2.54. The number of carbonyl (C=O) groups is 1. The molecule has 0 saturated carbocycles. The fourth-order valence-corrected chi connectivity index (χ4v) is 1.77. The van der Waals surface area contributed by atoms with Crippen molar-refractivity contribution in [3.05, 3.63) is 65.2 Å². The van der Waals surface area contributed by atoms with Gasteiger partial charge in [0, 0.05) is 0 Å². The van der Waals surface area contributed by atoms with Crippen LogP contribution >= 0.6 is 0 Å². The van der Waals surface area contributed by atoms with Crippen LogP contribution in [-0.2, 0) is 13.0 Å². The summed E-state index contributed by atoms with van der Waals surface area (Å²) < 4.78 is 5.69. The Bertz CT molecular complexity index is 558. The molecule has 0 atom stereocenters.